The lowest BCUT2D eigenvalue weighted by Crippen LogP contribution is -2.44. The second-order valence-corrected chi connectivity index (χ2v) is 5.88. The Labute approximate surface area is 134 Å². The predicted molar refractivity (Wildman–Crippen MR) is 89.1 cm³/mol. The smallest absolute Gasteiger partial charge is 0.326 e. The summed E-state index contributed by atoms with van der Waals surface area (Å²) in [6.07, 6.45) is -0.0498. The summed E-state index contributed by atoms with van der Waals surface area (Å²) >= 11 is 5.86. The maximum absolute atomic E-state index is 12.6. The van der Waals surface area contributed by atoms with Gasteiger partial charge in [-0.3, -0.25) is 4.90 Å². The van der Waals surface area contributed by atoms with E-state index in [1.165, 1.54) is 0 Å². The third-order valence-electron chi connectivity index (χ3n) is 3.51. The third kappa shape index (κ3) is 3.02. The molecule has 3 rings (SSSR count). The lowest BCUT2D eigenvalue weighted by molar-refractivity contribution is 0.208. The molecule has 0 unspecified atom stereocenters. The summed E-state index contributed by atoms with van der Waals surface area (Å²) in [7, 11) is 0. The maximum Gasteiger partial charge on any atom is 0.326 e. The van der Waals surface area contributed by atoms with Crippen molar-refractivity contribution in [3.05, 3.63) is 53.1 Å². The minimum absolute atomic E-state index is 0.0498. The topological polar surface area (TPSA) is 41.6 Å². The van der Waals surface area contributed by atoms with Crippen LogP contribution in [0.4, 0.5) is 16.2 Å². The van der Waals surface area contributed by atoms with Crippen molar-refractivity contribution in [2.75, 3.05) is 16.8 Å². The first-order chi connectivity index (χ1) is 10.5. The number of benzene rings is 2. The Kier molecular flexibility index (Phi) is 3.94. The Balaban J connectivity index is 1.86. The molecule has 0 radical (unpaired) electrons. The number of rotatable bonds is 1. The van der Waals surface area contributed by atoms with Gasteiger partial charge in [0, 0.05) is 10.7 Å². The fourth-order valence-corrected chi connectivity index (χ4v) is 2.59. The van der Waals surface area contributed by atoms with Gasteiger partial charge < -0.3 is 10.1 Å². The molecule has 0 saturated heterocycles. The summed E-state index contributed by atoms with van der Waals surface area (Å²) in [5.41, 5.74) is 2.59. The number of anilines is 2. The van der Waals surface area contributed by atoms with Crippen molar-refractivity contribution in [1.82, 2.24) is 0 Å². The van der Waals surface area contributed by atoms with E-state index < -0.39 is 0 Å². The molecule has 2 aromatic carbocycles. The number of nitrogens with zero attached hydrogens (tertiary/aromatic N) is 1. The molecule has 114 valence electrons. The van der Waals surface area contributed by atoms with Crippen molar-refractivity contribution in [1.29, 1.82) is 0 Å². The summed E-state index contributed by atoms with van der Waals surface area (Å²) < 4.78 is 5.79. The molecule has 1 heterocycles. The second kappa shape index (κ2) is 5.89. The SMILES string of the molecule is Cc1ccc2c(c1)N(C(=O)Nc1ccc(Cl)cc1)C[C@@H](C)O2. The molecular formula is C17H17ClN2O2. The number of ether oxygens (including phenoxy) is 1. The number of hydrogen-bond acceptors (Lipinski definition) is 2. The van der Waals surface area contributed by atoms with Crippen LogP contribution in [0.25, 0.3) is 0 Å². The zero-order valence-electron chi connectivity index (χ0n) is 12.5. The van der Waals surface area contributed by atoms with Gasteiger partial charge in [-0.25, -0.2) is 4.79 Å². The quantitative estimate of drug-likeness (QED) is 0.843. The molecule has 2 aromatic rings. The van der Waals surface area contributed by atoms with Crippen LogP contribution < -0.4 is 15.0 Å². The van der Waals surface area contributed by atoms with Gasteiger partial charge in [-0.15, -0.1) is 0 Å². The van der Waals surface area contributed by atoms with Gasteiger partial charge in [0.25, 0.3) is 0 Å². The first-order valence-electron chi connectivity index (χ1n) is 7.14. The number of nitrogens with one attached hydrogen (secondary N) is 1. The van der Waals surface area contributed by atoms with Gasteiger partial charge in [0.05, 0.1) is 12.2 Å². The van der Waals surface area contributed by atoms with Gasteiger partial charge >= 0.3 is 6.03 Å². The molecule has 0 aromatic heterocycles. The van der Waals surface area contributed by atoms with Crippen molar-refractivity contribution in [2.24, 2.45) is 0 Å². The Hall–Kier alpha value is -2.20. The van der Waals surface area contributed by atoms with E-state index in [1.807, 2.05) is 32.0 Å². The van der Waals surface area contributed by atoms with Crippen LogP contribution in [0.3, 0.4) is 0 Å². The number of aryl methyl sites for hydroxylation is 1. The van der Waals surface area contributed by atoms with E-state index in [2.05, 4.69) is 5.32 Å². The Bertz CT molecular complexity index is 700. The Morgan fingerprint density at radius 3 is 2.73 bits per heavy atom. The van der Waals surface area contributed by atoms with Crippen molar-refractivity contribution >= 4 is 29.0 Å². The van der Waals surface area contributed by atoms with E-state index in [9.17, 15) is 4.79 Å². The van der Waals surface area contributed by atoms with Crippen molar-refractivity contribution in [3.63, 3.8) is 0 Å². The van der Waals surface area contributed by atoms with Gasteiger partial charge in [-0.1, -0.05) is 17.7 Å². The summed E-state index contributed by atoms with van der Waals surface area (Å²) in [6, 6.07) is 12.7. The highest BCUT2D eigenvalue weighted by molar-refractivity contribution is 6.30. The van der Waals surface area contributed by atoms with Crippen molar-refractivity contribution in [2.45, 2.75) is 20.0 Å². The van der Waals surface area contributed by atoms with Gasteiger partial charge in [-0.2, -0.15) is 0 Å². The molecule has 0 fully saturated rings. The van der Waals surface area contributed by atoms with Crippen LogP contribution in [0.1, 0.15) is 12.5 Å². The number of amides is 2. The largest absolute Gasteiger partial charge is 0.487 e. The van der Waals surface area contributed by atoms with E-state index in [1.54, 1.807) is 29.2 Å². The number of urea groups is 1. The number of hydrogen-bond donors (Lipinski definition) is 1. The predicted octanol–water partition coefficient (Wildman–Crippen LogP) is 4.47. The number of carbonyl (C=O) groups excluding carboxylic acids is 1. The van der Waals surface area contributed by atoms with E-state index in [0.29, 0.717) is 17.3 Å². The molecule has 0 saturated carbocycles. The van der Waals surface area contributed by atoms with Crippen molar-refractivity contribution in [3.8, 4) is 5.75 Å². The van der Waals surface area contributed by atoms with Crippen LogP contribution in [0, 0.1) is 6.92 Å². The first-order valence-corrected chi connectivity index (χ1v) is 7.52. The number of fused-ring (bicyclic) bond motifs is 1. The Morgan fingerprint density at radius 1 is 1.27 bits per heavy atom. The van der Waals surface area contributed by atoms with Crippen LogP contribution in [-0.4, -0.2) is 18.7 Å². The minimum Gasteiger partial charge on any atom is -0.487 e. The average Bonchev–Trinajstić information content (AvgIpc) is 2.49. The summed E-state index contributed by atoms with van der Waals surface area (Å²) in [6.45, 7) is 4.45. The fraction of sp³-hybridized carbons (Fsp3) is 0.235. The second-order valence-electron chi connectivity index (χ2n) is 5.45. The lowest BCUT2D eigenvalue weighted by atomic mass is 10.1. The zero-order valence-corrected chi connectivity index (χ0v) is 13.2. The van der Waals surface area contributed by atoms with Gasteiger partial charge in [0.15, 0.2) is 0 Å². The molecule has 22 heavy (non-hydrogen) atoms. The maximum atomic E-state index is 12.6. The first kappa shape index (κ1) is 14.7. The molecule has 1 aliphatic heterocycles. The summed E-state index contributed by atoms with van der Waals surface area (Å²) in [5.74, 6) is 0.732. The molecule has 0 bridgehead atoms. The monoisotopic (exact) mass is 316 g/mol. The normalized spacial score (nSPS) is 16.7. The molecule has 5 heteroatoms. The summed E-state index contributed by atoms with van der Waals surface area (Å²) in [5, 5.41) is 3.53. The number of carbonyl (C=O) groups is 1. The molecule has 1 N–H and O–H groups in total. The summed E-state index contributed by atoms with van der Waals surface area (Å²) in [4.78, 5) is 14.3. The Morgan fingerprint density at radius 2 is 2.00 bits per heavy atom. The number of halogens is 1. The van der Waals surface area contributed by atoms with Crippen LogP contribution in [0.5, 0.6) is 5.75 Å². The van der Waals surface area contributed by atoms with E-state index >= 15 is 0 Å². The molecule has 1 aliphatic rings. The lowest BCUT2D eigenvalue weighted by Gasteiger charge is -2.33. The third-order valence-corrected chi connectivity index (χ3v) is 3.77. The van der Waals surface area contributed by atoms with E-state index in [0.717, 1.165) is 17.0 Å². The minimum atomic E-state index is -0.177. The van der Waals surface area contributed by atoms with Crippen LogP contribution in [-0.2, 0) is 0 Å². The van der Waals surface area contributed by atoms with Gasteiger partial charge in [0.2, 0.25) is 0 Å². The van der Waals surface area contributed by atoms with Crippen LogP contribution in [0.15, 0.2) is 42.5 Å². The zero-order chi connectivity index (χ0) is 15.7. The highest BCUT2D eigenvalue weighted by Crippen LogP contribution is 2.34. The van der Waals surface area contributed by atoms with Gasteiger partial charge in [-0.05, 0) is 55.8 Å². The van der Waals surface area contributed by atoms with Crippen LogP contribution >= 0.6 is 11.6 Å². The van der Waals surface area contributed by atoms with Crippen LogP contribution in [0.2, 0.25) is 5.02 Å². The highest BCUT2D eigenvalue weighted by Gasteiger charge is 2.27. The highest BCUT2D eigenvalue weighted by atomic mass is 35.5. The molecular weight excluding hydrogens is 300 g/mol. The molecule has 0 aliphatic carbocycles. The fourth-order valence-electron chi connectivity index (χ4n) is 2.46. The molecule has 2 amide bonds. The van der Waals surface area contributed by atoms with E-state index in [4.69, 9.17) is 16.3 Å². The standard InChI is InChI=1S/C17H17ClN2O2/c1-11-3-8-16-15(9-11)20(10-12(2)22-16)17(21)19-14-6-4-13(18)5-7-14/h3-9,12H,10H2,1-2H3,(H,19,21)/t12-/m1/s1. The van der Waals surface area contributed by atoms with E-state index in [-0.39, 0.29) is 12.1 Å². The van der Waals surface area contributed by atoms with Crippen molar-refractivity contribution < 1.29 is 9.53 Å². The molecule has 4 nitrogen and oxygen atoms in total. The molecule has 1 atom stereocenters. The average molecular weight is 317 g/mol. The van der Waals surface area contributed by atoms with Gasteiger partial charge in [0.1, 0.15) is 11.9 Å². The molecule has 0 spiro atoms.